The zero-order valence-corrected chi connectivity index (χ0v) is 34.7. The van der Waals surface area contributed by atoms with E-state index >= 15 is 0 Å². The van der Waals surface area contributed by atoms with Crippen molar-refractivity contribution in [3.63, 3.8) is 0 Å². The topological polar surface area (TPSA) is 63.6 Å². The van der Waals surface area contributed by atoms with Crippen molar-refractivity contribution in [3.8, 4) is 0 Å². The molecule has 0 spiro atoms. The van der Waals surface area contributed by atoms with E-state index in [2.05, 4.69) is 32.9 Å². The van der Waals surface area contributed by atoms with Crippen LogP contribution in [0.2, 0.25) is 0 Å². The average molecular weight is 725 g/mol. The number of unbranched alkanes of at least 4 members (excludes halogenated alkanes) is 27. The molecule has 300 valence electrons. The van der Waals surface area contributed by atoms with Crippen LogP contribution < -0.4 is 0 Å². The van der Waals surface area contributed by atoms with E-state index in [0.717, 1.165) is 51.4 Å². The number of aromatic carboxylic acids is 1. The van der Waals surface area contributed by atoms with Crippen molar-refractivity contribution in [2.45, 2.75) is 245 Å². The third-order valence-electron chi connectivity index (χ3n) is 11.1. The van der Waals surface area contributed by atoms with Gasteiger partial charge in [0.25, 0.3) is 0 Å². The summed E-state index contributed by atoms with van der Waals surface area (Å²) in [4.78, 5) is 25.7. The van der Waals surface area contributed by atoms with Crippen molar-refractivity contribution in [1.29, 1.82) is 0 Å². The fourth-order valence-electron chi connectivity index (χ4n) is 7.66. The number of carbonyl (C=O) groups excluding carboxylic acids is 1. The highest BCUT2D eigenvalue weighted by Crippen LogP contribution is 2.34. The van der Waals surface area contributed by atoms with Gasteiger partial charge in [-0.1, -0.05) is 199 Å². The molecule has 0 aliphatic carbocycles. The van der Waals surface area contributed by atoms with Gasteiger partial charge in [0.15, 0.2) is 0 Å². The molecule has 1 aromatic rings. The number of carboxylic acid groups (broad SMARTS) is 1. The Morgan fingerprint density at radius 2 is 0.788 bits per heavy atom. The van der Waals surface area contributed by atoms with Crippen molar-refractivity contribution in [2.24, 2.45) is 0 Å². The van der Waals surface area contributed by atoms with Crippen LogP contribution in [0, 0.1) is 0 Å². The van der Waals surface area contributed by atoms with E-state index in [1.165, 1.54) is 173 Å². The van der Waals surface area contributed by atoms with Gasteiger partial charge in [-0.05, 0) is 76.3 Å². The van der Waals surface area contributed by atoms with Gasteiger partial charge in [-0.3, -0.25) is 0 Å². The van der Waals surface area contributed by atoms with Gasteiger partial charge in [0.2, 0.25) is 0 Å². The second-order valence-electron chi connectivity index (χ2n) is 15.9. The van der Waals surface area contributed by atoms with Gasteiger partial charge in [-0.25, -0.2) is 9.59 Å². The van der Waals surface area contributed by atoms with Crippen LogP contribution in [-0.2, 0) is 4.74 Å². The lowest BCUT2D eigenvalue weighted by Crippen LogP contribution is -2.36. The molecule has 1 rings (SSSR count). The summed E-state index contributed by atoms with van der Waals surface area (Å²) in [5.41, 5.74) is -0.306. The molecule has 0 bridgehead atoms. The van der Waals surface area contributed by atoms with E-state index in [1.807, 2.05) is 0 Å². The molecule has 0 saturated carbocycles. The van der Waals surface area contributed by atoms with Gasteiger partial charge in [0.1, 0.15) is 5.60 Å². The lowest BCUT2D eigenvalue weighted by atomic mass is 9.84. The summed E-state index contributed by atoms with van der Waals surface area (Å²) in [5.74, 6) is -1.54. The van der Waals surface area contributed by atoms with E-state index in [-0.39, 0.29) is 11.1 Å². The normalized spacial score (nSPS) is 12.8. The number of carboxylic acids is 1. The maximum Gasteiger partial charge on any atom is 0.339 e. The summed E-state index contributed by atoms with van der Waals surface area (Å²) < 4.78 is 6.52. The Kier molecular flexibility index (Phi) is 31.9. The quantitative estimate of drug-likeness (QED) is 0.0419. The molecule has 52 heavy (non-hydrogen) atoms. The fourth-order valence-corrected chi connectivity index (χ4v) is 7.66. The van der Waals surface area contributed by atoms with E-state index in [9.17, 15) is 14.7 Å². The summed E-state index contributed by atoms with van der Waals surface area (Å²) >= 11 is 0. The highest BCUT2D eigenvalue weighted by atomic mass is 16.6. The van der Waals surface area contributed by atoms with Gasteiger partial charge in [0, 0.05) is 0 Å². The van der Waals surface area contributed by atoms with Crippen LogP contribution in [0.15, 0.2) is 36.4 Å². The molecule has 1 aromatic carbocycles. The number of carbonyl (C=O) groups is 2. The molecule has 0 fully saturated rings. The number of benzene rings is 1. The van der Waals surface area contributed by atoms with Crippen LogP contribution in [0.3, 0.4) is 0 Å². The van der Waals surface area contributed by atoms with Crippen LogP contribution in [0.5, 0.6) is 0 Å². The second kappa shape index (κ2) is 34.7. The number of hydrogen-bond acceptors (Lipinski definition) is 3. The van der Waals surface area contributed by atoms with Gasteiger partial charge in [0.05, 0.1) is 11.1 Å². The minimum absolute atomic E-state index is 0.0330. The summed E-state index contributed by atoms with van der Waals surface area (Å²) in [7, 11) is 0. The first-order valence-corrected chi connectivity index (χ1v) is 22.7. The molecule has 1 N–H and O–H groups in total. The van der Waals surface area contributed by atoms with Crippen LogP contribution in [0.4, 0.5) is 0 Å². The molecular weight excluding hydrogens is 641 g/mol. The Morgan fingerprint density at radius 1 is 0.481 bits per heavy atom. The number of hydrogen-bond donors (Lipinski definition) is 1. The molecule has 4 nitrogen and oxygen atoms in total. The monoisotopic (exact) mass is 725 g/mol. The zero-order chi connectivity index (χ0) is 37.8. The van der Waals surface area contributed by atoms with Crippen molar-refractivity contribution in [2.75, 3.05) is 0 Å². The number of esters is 1. The summed E-state index contributed by atoms with van der Waals surface area (Å²) in [6.07, 6.45) is 47.0. The highest BCUT2D eigenvalue weighted by molar-refractivity contribution is 6.02. The van der Waals surface area contributed by atoms with E-state index in [0.29, 0.717) is 0 Å². The van der Waals surface area contributed by atoms with Crippen molar-refractivity contribution < 1.29 is 19.4 Å². The Balaban J connectivity index is 2.64. The molecular formula is C48H84O4. The lowest BCUT2D eigenvalue weighted by Gasteiger charge is -2.34. The Bertz CT molecular complexity index is 1000. The summed E-state index contributed by atoms with van der Waals surface area (Å²) in [5, 5.41) is 9.80. The minimum atomic E-state index is -1.08. The Labute approximate surface area is 322 Å². The molecule has 0 aromatic heterocycles. The first kappa shape index (κ1) is 47.9. The Hall–Kier alpha value is -2.10. The van der Waals surface area contributed by atoms with Gasteiger partial charge in [-0.15, -0.1) is 0 Å². The smallest absolute Gasteiger partial charge is 0.339 e. The van der Waals surface area contributed by atoms with E-state index < -0.39 is 17.5 Å². The predicted octanol–water partition coefficient (Wildman–Crippen LogP) is 16.2. The molecule has 1 unspecified atom stereocenters. The van der Waals surface area contributed by atoms with Crippen LogP contribution >= 0.6 is 0 Å². The SMILES string of the molecule is CCCCCCCC/C=C\CCCCCCCCC(CCCCCC)(CCCCCCCCCCCCCCC)OC(=O)c1ccccc1C(=O)O. The van der Waals surface area contributed by atoms with E-state index in [4.69, 9.17) is 4.74 Å². The van der Waals surface area contributed by atoms with Crippen molar-refractivity contribution in [1.82, 2.24) is 0 Å². The Morgan fingerprint density at radius 3 is 1.15 bits per heavy atom. The standard InChI is InChI=1S/C48H84O4/c1-4-7-10-13-15-17-19-21-22-23-25-27-29-31-33-38-43-48(41-36-12-9-6-3,52-47(51)45-40-35-34-39-44(45)46(49)50)42-37-32-30-28-26-24-20-18-16-14-11-8-5-2/h21-22,34-35,39-40H,4-20,23-33,36-38,41-43H2,1-3H3,(H,49,50)/b22-21-. The first-order valence-electron chi connectivity index (χ1n) is 22.7. The van der Waals surface area contributed by atoms with Gasteiger partial charge >= 0.3 is 11.9 Å². The third-order valence-corrected chi connectivity index (χ3v) is 11.1. The average Bonchev–Trinajstić information content (AvgIpc) is 3.15. The number of ether oxygens (including phenoxy) is 1. The zero-order valence-electron chi connectivity index (χ0n) is 34.7. The molecule has 1 atom stereocenters. The predicted molar refractivity (Wildman–Crippen MR) is 225 cm³/mol. The first-order chi connectivity index (χ1) is 25.5. The molecule has 0 heterocycles. The largest absolute Gasteiger partial charge is 0.478 e. The molecule has 0 amide bonds. The summed E-state index contributed by atoms with van der Waals surface area (Å²) in [6.45, 7) is 6.79. The minimum Gasteiger partial charge on any atom is -0.478 e. The highest BCUT2D eigenvalue weighted by Gasteiger charge is 2.34. The summed E-state index contributed by atoms with van der Waals surface area (Å²) in [6, 6.07) is 6.55. The maximum absolute atomic E-state index is 13.7. The number of rotatable bonds is 38. The van der Waals surface area contributed by atoms with Crippen LogP contribution in [0.25, 0.3) is 0 Å². The number of allylic oxidation sites excluding steroid dienone is 2. The molecule has 0 aliphatic rings. The van der Waals surface area contributed by atoms with Gasteiger partial charge < -0.3 is 9.84 Å². The second-order valence-corrected chi connectivity index (χ2v) is 15.9. The van der Waals surface area contributed by atoms with Crippen LogP contribution in [0.1, 0.15) is 260 Å². The molecule has 0 aliphatic heterocycles. The molecule has 4 heteroatoms. The van der Waals surface area contributed by atoms with E-state index in [1.54, 1.807) is 18.2 Å². The van der Waals surface area contributed by atoms with Gasteiger partial charge in [-0.2, -0.15) is 0 Å². The maximum atomic E-state index is 13.7. The fraction of sp³-hybridized carbons (Fsp3) is 0.792. The van der Waals surface area contributed by atoms with Crippen molar-refractivity contribution in [3.05, 3.63) is 47.5 Å². The molecule has 0 saturated heterocycles. The lowest BCUT2D eigenvalue weighted by molar-refractivity contribution is -0.0362. The third kappa shape index (κ3) is 25.8. The molecule has 0 radical (unpaired) electrons. The van der Waals surface area contributed by atoms with Crippen molar-refractivity contribution >= 4 is 11.9 Å². The van der Waals surface area contributed by atoms with Crippen LogP contribution in [-0.4, -0.2) is 22.6 Å².